The minimum absolute atomic E-state index is 0.0512. The van der Waals surface area contributed by atoms with Crippen LogP contribution in [0.2, 0.25) is 0 Å². The van der Waals surface area contributed by atoms with E-state index >= 15 is 0 Å². The van der Waals surface area contributed by atoms with E-state index in [0.717, 1.165) is 0 Å². The van der Waals surface area contributed by atoms with Crippen LogP contribution in [0.25, 0.3) is 0 Å². The zero-order valence-corrected chi connectivity index (χ0v) is 16.5. The fourth-order valence-electron chi connectivity index (χ4n) is 3.30. The molecule has 158 valence electrons. The number of aliphatic hydroxyl groups excluding tert-OH is 1. The highest BCUT2D eigenvalue weighted by Gasteiger charge is 2.35. The van der Waals surface area contributed by atoms with Crippen molar-refractivity contribution in [2.24, 2.45) is 5.92 Å². The van der Waals surface area contributed by atoms with Gasteiger partial charge in [-0.15, -0.1) is 0 Å². The zero-order valence-electron chi connectivity index (χ0n) is 16.5. The first-order valence-electron chi connectivity index (χ1n) is 9.62. The number of ether oxygens (including phenoxy) is 1. The molecule has 9 nitrogen and oxygen atoms in total. The van der Waals surface area contributed by atoms with E-state index in [2.05, 4.69) is 5.32 Å². The second-order valence-corrected chi connectivity index (χ2v) is 6.94. The molecule has 9 heteroatoms. The summed E-state index contributed by atoms with van der Waals surface area (Å²) in [4.78, 5) is 36.6. The van der Waals surface area contributed by atoms with Gasteiger partial charge in [0.15, 0.2) is 0 Å². The molecule has 1 heterocycles. The molecule has 0 unspecified atom stereocenters. The van der Waals surface area contributed by atoms with Gasteiger partial charge in [0, 0.05) is 37.3 Å². The maximum absolute atomic E-state index is 12.5. The number of carbonyl (C=O) groups excluding carboxylic acids is 2. The molecule has 2 atom stereocenters. The van der Waals surface area contributed by atoms with Gasteiger partial charge in [-0.05, 0) is 48.9 Å². The molecule has 0 spiro atoms. The van der Waals surface area contributed by atoms with Crippen LogP contribution in [0.4, 0.5) is 11.4 Å². The lowest BCUT2D eigenvalue weighted by Gasteiger charge is -2.18. The number of nitrogens with zero attached hydrogens (tertiary/aromatic N) is 2. The van der Waals surface area contributed by atoms with Crippen LogP contribution in [0.3, 0.4) is 0 Å². The third-order valence-electron chi connectivity index (χ3n) is 4.91. The Bertz CT molecular complexity index is 913. The summed E-state index contributed by atoms with van der Waals surface area (Å²) < 4.78 is 5.39. The fraction of sp³-hybridized carbons (Fsp3) is 0.333. The molecule has 0 bridgehead atoms. The Labute approximate surface area is 173 Å². The van der Waals surface area contributed by atoms with E-state index in [1.54, 1.807) is 29.2 Å². The van der Waals surface area contributed by atoms with Gasteiger partial charge in [-0.3, -0.25) is 19.7 Å². The summed E-state index contributed by atoms with van der Waals surface area (Å²) in [5, 5.41) is 23.6. The number of non-ortho nitro benzene ring substituents is 1. The minimum Gasteiger partial charge on any atom is -0.494 e. The van der Waals surface area contributed by atoms with Crippen molar-refractivity contribution in [1.82, 2.24) is 5.32 Å². The molecular formula is C21H23N3O6. The third kappa shape index (κ3) is 4.93. The average Bonchev–Trinajstić information content (AvgIpc) is 3.14. The normalized spacial score (nSPS) is 16.9. The minimum atomic E-state index is -1.01. The molecule has 1 aliphatic heterocycles. The van der Waals surface area contributed by atoms with Crippen molar-refractivity contribution >= 4 is 23.2 Å². The molecule has 1 saturated heterocycles. The first kappa shape index (κ1) is 21.3. The monoisotopic (exact) mass is 413 g/mol. The van der Waals surface area contributed by atoms with Gasteiger partial charge < -0.3 is 20.1 Å². The molecule has 3 rings (SSSR count). The lowest BCUT2D eigenvalue weighted by molar-refractivity contribution is -0.384. The van der Waals surface area contributed by atoms with Crippen molar-refractivity contribution in [1.29, 1.82) is 0 Å². The fourth-order valence-corrected chi connectivity index (χ4v) is 3.30. The Hall–Kier alpha value is -3.46. The predicted molar refractivity (Wildman–Crippen MR) is 109 cm³/mol. The van der Waals surface area contributed by atoms with E-state index in [9.17, 15) is 24.8 Å². The van der Waals surface area contributed by atoms with Crippen molar-refractivity contribution in [2.45, 2.75) is 19.4 Å². The van der Waals surface area contributed by atoms with E-state index in [0.29, 0.717) is 23.6 Å². The second kappa shape index (κ2) is 9.36. The first-order valence-corrected chi connectivity index (χ1v) is 9.62. The van der Waals surface area contributed by atoms with E-state index < -0.39 is 16.9 Å². The van der Waals surface area contributed by atoms with Crippen molar-refractivity contribution in [3.05, 3.63) is 64.2 Å². The lowest BCUT2D eigenvalue weighted by atomic mass is 10.1. The summed E-state index contributed by atoms with van der Waals surface area (Å²) in [7, 11) is 0. The van der Waals surface area contributed by atoms with Gasteiger partial charge in [-0.2, -0.15) is 0 Å². The first-order chi connectivity index (χ1) is 14.4. The topological polar surface area (TPSA) is 122 Å². The van der Waals surface area contributed by atoms with Gasteiger partial charge in [-0.25, -0.2) is 0 Å². The molecule has 2 N–H and O–H groups in total. The van der Waals surface area contributed by atoms with Gasteiger partial charge >= 0.3 is 0 Å². The molecular weight excluding hydrogens is 390 g/mol. The van der Waals surface area contributed by atoms with E-state index in [4.69, 9.17) is 4.74 Å². The van der Waals surface area contributed by atoms with Crippen LogP contribution in [0.15, 0.2) is 48.5 Å². The number of carbonyl (C=O) groups is 2. The van der Waals surface area contributed by atoms with Crippen LogP contribution in [0.1, 0.15) is 25.0 Å². The number of nitro benzene ring substituents is 1. The number of aliphatic hydroxyl groups is 1. The number of amides is 2. The number of anilines is 1. The SMILES string of the molecule is CCOc1ccc(N2C[C@H](C(=O)NC[C@@H](O)c3ccc([N+](=O)[O-])cc3)CC2=O)cc1. The smallest absolute Gasteiger partial charge is 0.269 e. The van der Waals surface area contributed by atoms with Gasteiger partial charge in [0.2, 0.25) is 11.8 Å². The number of hydrogen-bond acceptors (Lipinski definition) is 6. The summed E-state index contributed by atoms with van der Waals surface area (Å²) in [6.07, 6.45) is -0.916. The molecule has 2 aromatic rings. The van der Waals surface area contributed by atoms with Crippen molar-refractivity contribution in [3.63, 3.8) is 0 Å². The predicted octanol–water partition coefficient (Wildman–Crippen LogP) is 2.20. The number of benzene rings is 2. The van der Waals surface area contributed by atoms with Gasteiger partial charge in [0.05, 0.1) is 23.6 Å². The summed E-state index contributed by atoms with van der Waals surface area (Å²) in [6.45, 7) is 2.65. The van der Waals surface area contributed by atoms with E-state index in [1.165, 1.54) is 24.3 Å². The van der Waals surface area contributed by atoms with Crippen LogP contribution in [0, 0.1) is 16.0 Å². The van der Waals surface area contributed by atoms with E-state index in [1.807, 2.05) is 6.92 Å². The average molecular weight is 413 g/mol. The molecule has 0 saturated carbocycles. The molecule has 2 amide bonds. The molecule has 1 fully saturated rings. The molecule has 1 aliphatic rings. The molecule has 0 aromatic heterocycles. The van der Waals surface area contributed by atoms with Gasteiger partial charge in [-0.1, -0.05) is 0 Å². The maximum atomic E-state index is 12.5. The van der Waals surface area contributed by atoms with Crippen LogP contribution in [0.5, 0.6) is 5.75 Å². The number of nitro groups is 1. The lowest BCUT2D eigenvalue weighted by Crippen LogP contribution is -2.35. The maximum Gasteiger partial charge on any atom is 0.269 e. The third-order valence-corrected chi connectivity index (χ3v) is 4.91. The quantitative estimate of drug-likeness (QED) is 0.505. The van der Waals surface area contributed by atoms with Crippen molar-refractivity contribution in [3.8, 4) is 5.75 Å². The Kier molecular flexibility index (Phi) is 6.63. The molecule has 0 aliphatic carbocycles. The van der Waals surface area contributed by atoms with Crippen molar-refractivity contribution in [2.75, 3.05) is 24.6 Å². The Morgan fingerprint density at radius 3 is 2.53 bits per heavy atom. The Morgan fingerprint density at radius 1 is 1.27 bits per heavy atom. The van der Waals surface area contributed by atoms with E-state index in [-0.39, 0.29) is 37.0 Å². The summed E-state index contributed by atoms with van der Waals surface area (Å²) >= 11 is 0. The summed E-state index contributed by atoms with van der Waals surface area (Å²) in [6, 6.07) is 12.6. The van der Waals surface area contributed by atoms with Gasteiger partial charge in [0.1, 0.15) is 5.75 Å². The number of hydrogen-bond donors (Lipinski definition) is 2. The standard InChI is InChI=1S/C21H23N3O6/c1-2-30-18-9-7-16(8-10-18)23-13-15(11-20(23)26)21(27)22-12-19(25)14-3-5-17(6-4-14)24(28)29/h3-10,15,19,25H,2,11-13H2,1H3,(H,22,27)/t15-,19-/m1/s1. The van der Waals surface area contributed by atoms with Crippen LogP contribution >= 0.6 is 0 Å². The Morgan fingerprint density at radius 2 is 1.93 bits per heavy atom. The van der Waals surface area contributed by atoms with Crippen LogP contribution in [-0.2, 0) is 9.59 Å². The summed E-state index contributed by atoms with van der Waals surface area (Å²) in [5.74, 6) is -0.275. The number of rotatable bonds is 8. The number of nitrogens with one attached hydrogen (secondary N) is 1. The Balaban J connectivity index is 1.54. The largest absolute Gasteiger partial charge is 0.494 e. The second-order valence-electron chi connectivity index (χ2n) is 6.94. The van der Waals surface area contributed by atoms with Crippen molar-refractivity contribution < 1.29 is 24.4 Å². The summed E-state index contributed by atoms with van der Waals surface area (Å²) in [5.41, 5.74) is 1.08. The highest BCUT2D eigenvalue weighted by Crippen LogP contribution is 2.27. The van der Waals surface area contributed by atoms with Crippen LogP contribution < -0.4 is 15.0 Å². The molecule has 30 heavy (non-hydrogen) atoms. The zero-order chi connectivity index (χ0) is 21.7. The van der Waals surface area contributed by atoms with Gasteiger partial charge in [0.25, 0.3) is 5.69 Å². The van der Waals surface area contributed by atoms with Crippen LogP contribution in [-0.4, -0.2) is 41.5 Å². The highest BCUT2D eigenvalue weighted by molar-refractivity contribution is 6.00. The molecule has 0 radical (unpaired) electrons. The highest BCUT2D eigenvalue weighted by atomic mass is 16.6. The molecule has 2 aromatic carbocycles.